The van der Waals surface area contributed by atoms with Crippen molar-refractivity contribution in [1.82, 2.24) is 4.98 Å². The van der Waals surface area contributed by atoms with E-state index in [2.05, 4.69) is 9.72 Å². The van der Waals surface area contributed by atoms with Gasteiger partial charge < -0.3 is 10.5 Å². The highest BCUT2D eigenvalue weighted by atomic mass is 16.5. The first-order valence-corrected chi connectivity index (χ1v) is 3.89. The van der Waals surface area contributed by atoms with Crippen molar-refractivity contribution < 1.29 is 9.53 Å². The average molecular weight is 191 g/mol. The Bertz CT molecular complexity index is 396. The van der Waals surface area contributed by atoms with Crippen LogP contribution >= 0.6 is 0 Å². The summed E-state index contributed by atoms with van der Waals surface area (Å²) in [6.07, 6.45) is 1.49. The number of aromatic nitrogens is 1. The Kier molecular flexibility index (Phi) is 3.02. The molecule has 14 heavy (non-hydrogen) atoms. The molecule has 0 aromatic carbocycles. The van der Waals surface area contributed by atoms with Crippen LogP contribution in [0.4, 0.5) is 5.82 Å². The van der Waals surface area contributed by atoms with Gasteiger partial charge in [0.1, 0.15) is 11.9 Å². The molecule has 1 aromatic heterocycles. The van der Waals surface area contributed by atoms with Crippen LogP contribution in [-0.2, 0) is 16.0 Å². The number of hydrogen-bond acceptors (Lipinski definition) is 5. The summed E-state index contributed by atoms with van der Waals surface area (Å²) in [5, 5.41) is 8.76. The van der Waals surface area contributed by atoms with E-state index in [-0.39, 0.29) is 17.8 Å². The van der Waals surface area contributed by atoms with E-state index in [1.807, 2.05) is 6.07 Å². The first-order valence-electron chi connectivity index (χ1n) is 3.89. The molecule has 72 valence electrons. The first kappa shape index (κ1) is 9.99. The molecule has 1 heterocycles. The molecule has 0 saturated heterocycles. The maximum atomic E-state index is 11.0. The molecular weight excluding hydrogens is 182 g/mol. The Morgan fingerprint density at radius 3 is 3.07 bits per heavy atom. The van der Waals surface area contributed by atoms with Crippen molar-refractivity contribution in [3.05, 3.63) is 23.4 Å². The first-order chi connectivity index (χ1) is 6.69. The summed E-state index contributed by atoms with van der Waals surface area (Å²) in [4.78, 5) is 14.7. The molecule has 0 aliphatic rings. The smallest absolute Gasteiger partial charge is 0.310 e. The van der Waals surface area contributed by atoms with Crippen LogP contribution in [0.1, 0.15) is 11.1 Å². The number of nitrogens with two attached hydrogens (primary N) is 1. The van der Waals surface area contributed by atoms with Crippen LogP contribution in [0.25, 0.3) is 0 Å². The number of nitrogens with zero attached hydrogens (tertiary/aromatic N) is 2. The molecule has 0 unspecified atom stereocenters. The minimum Gasteiger partial charge on any atom is -0.469 e. The number of hydrogen-bond donors (Lipinski definition) is 1. The van der Waals surface area contributed by atoms with E-state index in [0.717, 1.165) is 0 Å². The fourth-order valence-corrected chi connectivity index (χ4v) is 1.02. The molecule has 0 radical (unpaired) electrons. The molecule has 1 aromatic rings. The molecule has 0 bridgehead atoms. The minimum absolute atomic E-state index is 0.0338. The molecule has 0 aliphatic carbocycles. The lowest BCUT2D eigenvalue weighted by Gasteiger charge is -2.03. The highest BCUT2D eigenvalue weighted by Gasteiger charge is 2.10. The standard InChI is InChI=1S/C9H9N3O2/c1-14-8(13)4-6-2-3-12-9(11)7(6)5-10/h2-3H,4H2,1H3,(H2,11,12). The summed E-state index contributed by atoms with van der Waals surface area (Å²) in [6, 6.07) is 3.47. The van der Waals surface area contributed by atoms with E-state index in [9.17, 15) is 4.79 Å². The third-order valence-electron chi connectivity index (χ3n) is 1.74. The normalized spacial score (nSPS) is 9.14. The van der Waals surface area contributed by atoms with Gasteiger partial charge in [0.05, 0.1) is 19.1 Å². The summed E-state index contributed by atoms with van der Waals surface area (Å²) >= 11 is 0. The van der Waals surface area contributed by atoms with Gasteiger partial charge in [-0.3, -0.25) is 4.79 Å². The third kappa shape index (κ3) is 1.98. The lowest BCUT2D eigenvalue weighted by molar-refractivity contribution is -0.139. The highest BCUT2D eigenvalue weighted by molar-refractivity contribution is 5.74. The number of esters is 1. The Balaban J connectivity index is 3.04. The predicted molar refractivity (Wildman–Crippen MR) is 49.1 cm³/mol. The van der Waals surface area contributed by atoms with Crippen molar-refractivity contribution in [3.63, 3.8) is 0 Å². The number of carbonyl (C=O) groups is 1. The van der Waals surface area contributed by atoms with Crippen LogP contribution in [0.2, 0.25) is 0 Å². The van der Waals surface area contributed by atoms with Gasteiger partial charge in [-0.1, -0.05) is 0 Å². The van der Waals surface area contributed by atoms with Gasteiger partial charge in [-0.15, -0.1) is 0 Å². The molecule has 1 rings (SSSR count). The molecule has 0 amide bonds. The maximum absolute atomic E-state index is 11.0. The van der Waals surface area contributed by atoms with Crippen molar-refractivity contribution in [3.8, 4) is 6.07 Å². The van der Waals surface area contributed by atoms with E-state index in [0.29, 0.717) is 5.56 Å². The van der Waals surface area contributed by atoms with Crippen molar-refractivity contribution in [1.29, 1.82) is 5.26 Å². The molecule has 0 spiro atoms. The molecule has 0 atom stereocenters. The summed E-state index contributed by atoms with van der Waals surface area (Å²) in [6.45, 7) is 0. The van der Waals surface area contributed by atoms with E-state index in [4.69, 9.17) is 11.0 Å². The second-order valence-corrected chi connectivity index (χ2v) is 2.60. The molecule has 2 N–H and O–H groups in total. The highest BCUT2D eigenvalue weighted by Crippen LogP contribution is 2.13. The summed E-state index contributed by atoms with van der Waals surface area (Å²) in [5.41, 5.74) is 6.23. The zero-order chi connectivity index (χ0) is 10.6. The maximum Gasteiger partial charge on any atom is 0.310 e. The number of carbonyl (C=O) groups excluding carboxylic acids is 1. The zero-order valence-electron chi connectivity index (χ0n) is 7.65. The Morgan fingerprint density at radius 1 is 1.79 bits per heavy atom. The number of pyridine rings is 1. The number of methoxy groups -OCH3 is 1. The molecule has 5 nitrogen and oxygen atoms in total. The van der Waals surface area contributed by atoms with Gasteiger partial charge in [0.2, 0.25) is 0 Å². The quantitative estimate of drug-likeness (QED) is 0.677. The van der Waals surface area contributed by atoms with Crippen molar-refractivity contribution >= 4 is 11.8 Å². The summed E-state index contributed by atoms with van der Waals surface area (Å²) in [7, 11) is 1.29. The van der Waals surface area contributed by atoms with Gasteiger partial charge >= 0.3 is 5.97 Å². The summed E-state index contributed by atoms with van der Waals surface area (Å²) in [5.74, 6) is -0.277. The third-order valence-corrected chi connectivity index (χ3v) is 1.74. The minimum atomic E-state index is -0.410. The van der Waals surface area contributed by atoms with Gasteiger partial charge in [0.25, 0.3) is 0 Å². The topological polar surface area (TPSA) is 89.0 Å². The van der Waals surface area contributed by atoms with Crippen LogP contribution in [0.3, 0.4) is 0 Å². The average Bonchev–Trinajstić information content (AvgIpc) is 2.18. The Hall–Kier alpha value is -2.09. The SMILES string of the molecule is COC(=O)Cc1ccnc(N)c1C#N. The van der Waals surface area contributed by atoms with Crippen LogP contribution in [0, 0.1) is 11.3 Å². The zero-order valence-corrected chi connectivity index (χ0v) is 7.65. The van der Waals surface area contributed by atoms with E-state index >= 15 is 0 Å². The Labute approximate surface area is 81.1 Å². The number of nitriles is 1. The number of nitrogen functional groups attached to an aromatic ring is 1. The monoisotopic (exact) mass is 191 g/mol. The van der Waals surface area contributed by atoms with Crippen LogP contribution in [0.5, 0.6) is 0 Å². The molecule has 0 fully saturated rings. The predicted octanol–water partition coefficient (Wildman–Crippen LogP) is 0.251. The van der Waals surface area contributed by atoms with E-state index in [1.165, 1.54) is 13.3 Å². The van der Waals surface area contributed by atoms with Crippen molar-refractivity contribution in [2.45, 2.75) is 6.42 Å². The number of rotatable bonds is 2. The molecular formula is C9H9N3O2. The molecule has 0 aliphatic heterocycles. The fourth-order valence-electron chi connectivity index (χ4n) is 1.02. The van der Waals surface area contributed by atoms with Gasteiger partial charge in [0, 0.05) is 6.20 Å². The number of anilines is 1. The number of ether oxygens (including phenoxy) is 1. The van der Waals surface area contributed by atoms with E-state index in [1.54, 1.807) is 6.07 Å². The van der Waals surface area contributed by atoms with Crippen molar-refractivity contribution in [2.75, 3.05) is 12.8 Å². The van der Waals surface area contributed by atoms with Crippen LogP contribution in [0.15, 0.2) is 12.3 Å². The second kappa shape index (κ2) is 4.23. The Morgan fingerprint density at radius 2 is 2.50 bits per heavy atom. The van der Waals surface area contributed by atoms with Crippen LogP contribution in [-0.4, -0.2) is 18.1 Å². The molecule has 0 saturated carbocycles. The van der Waals surface area contributed by atoms with Gasteiger partial charge in [-0.2, -0.15) is 5.26 Å². The van der Waals surface area contributed by atoms with Gasteiger partial charge in [-0.05, 0) is 11.6 Å². The van der Waals surface area contributed by atoms with Gasteiger partial charge in [0.15, 0.2) is 0 Å². The van der Waals surface area contributed by atoms with Crippen molar-refractivity contribution in [2.24, 2.45) is 0 Å². The lowest BCUT2D eigenvalue weighted by Crippen LogP contribution is -2.08. The lowest BCUT2D eigenvalue weighted by atomic mass is 10.1. The fraction of sp³-hybridized carbons (Fsp3) is 0.222. The van der Waals surface area contributed by atoms with E-state index < -0.39 is 5.97 Å². The largest absolute Gasteiger partial charge is 0.469 e. The van der Waals surface area contributed by atoms with Crippen LogP contribution < -0.4 is 5.73 Å². The van der Waals surface area contributed by atoms with Gasteiger partial charge in [-0.25, -0.2) is 4.98 Å². The molecule has 5 heteroatoms. The second-order valence-electron chi connectivity index (χ2n) is 2.60. The summed E-state index contributed by atoms with van der Waals surface area (Å²) < 4.78 is 4.48.